The number of anilines is 2. The molecule has 4 heterocycles. The lowest BCUT2D eigenvalue weighted by atomic mass is 9.94. The number of rotatable bonds is 6. The second-order valence-corrected chi connectivity index (χ2v) is 7.38. The fraction of sp³-hybridized carbons (Fsp3) is 0.667. The molecule has 0 saturated carbocycles. The van der Waals surface area contributed by atoms with Crippen LogP contribution in [0.5, 0.6) is 0 Å². The summed E-state index contributed by atoms with van der Waals surface area (Å²) in [7, 11) is 0. The Morgan fingerprint density at radius 2 is 2.23 bits per heavy atom. The standard InChI is InChI=1S/C18H27N7O/c1-12(2)17-13(5-4-10-26-17)21-14-7-8-19-18(22-14)20-11-16-24-23-15-6-3-9-25(15)16/h7-8,12-13,17H,3-6,9-11H2,1-2H3,(H2,19,20,21,22). The Bertz CT molecular complexity index is 745. The van der Waals surface area contributed by atoms with Gasteiger partial charge in [-0.2, -0.15) is 4.98 Å². The number of hydrogen-bond acceptors (Lipinski definition) is 7. The van der Waals surface area contributed by atoms with Gasteiger partial charge < -0.3 is 19.9 Å². The fourth-order valence-corrected chi connectivity index (χ4v) is 3.83. The Balaban J connectivity index is 1.40. The lowest BCUT2D eigenvalue weighted by Crippen LogP contribution is -2.43. The van der Waals surface area contributed by atoms with Crippen LogP contribution >= 0.6 is 0 Å². The summed E-state index contributed by atoms with van der Waals surface area (Å²) in [5.41, 5.74) is 0. The first-order chi connectivity index (χ1) is 12.7. The van der Waals surface area contributed by atoms with Gasteiger partial charge in [-0.3, -0.25) is 0 Å². The largest absolute Gasteiger partial charge is 0.376 e. The fourth-order valence-electron chi connectivity index (χ4n) is 3.83. The maximum Gasteiger partial charge on any atom is 0.224 e. The van der Waals surface area contributed by atoms with Gasteiger partial charge in [-0.1, -0.05) is 13.8 Å². The zero-order valence-corrected chi connectivity index (χ0v) is 15.5. The lowest BCUT2D eigenvalue weighted by Gasteiger charge is -2.35. The van der Waals surface area contributed by atoms with Crippen LogP contribution in [0.3, 0.4) is 0 Å². The average molecular weight is 357 g/mol. The Labute approximate surface area is 153 Å². The topological polar surface area (TPSA) is 89.8 Å². The summed E-state index contributed by atoms with van der Waals surface area (Å²) in [5.74, 6) is 3.93. The summed E-state index contributed by atoms with van der Waals surface area (Å²) in [6, 6.07) is 2.19. The molecule has 0 aromatic carbocycles. The zero-order chi connectivity index (χ0) is 17.9. The quantitative estimate of drug-likeness (QED) is 0.819. The summed E-state index contributed by atoms with van der Waals surface area (Å²) in [4.78, 5) is 8.94. The highest BCUT2D eigenvalue weighted by molar-refractivity contribution is 5.40. The minimum atomic E-state index is 0.216. The van der Waals surface area contributed by atoms with E-state index in [4.69, 9.17) is 4.74 Å². The highest BCUT2D eigenvalue weighted by Gasteiger charge is 2.28. The first-order valence-electron chi connectivity index (χ1n) is 9.57. The van der Waals surface area contributed by atoms with Crippen LogP contribution in [0, 0.1) is 5.92 Å². The molecule has 2 unspecified atom stereocenters. The summed E-state index contributed by atoms with van der Waals surface area (Å²) < 4.78 is 8.14. The maximum absolute atomic E-state index is 5.95. The van der Waals surface area contributed by atoms with Crippen molar-refractivity contribution in [3.63, 3.8) is 0 Å². The van der Waals surface area contributed by atoms with Gasteiger partial charge in [0.15, 0.2) is 5.82 Å². The van der Waals surface area contributed by atoms with Gasteiger partial charge in [0.25, 0.3) is 0 Å². The van der Waals surface area contributed by atoms with E-state index >= 15 is 0 Å². The molecule has 140 valence electrons. The van der Waals surface area contributed by atoms with E-state index in [0.29, 0.717) is 18.4 Å². The number of fused-ring (bicyclic) bond motifs is 1. The van der Waals surface area contributed by atoms with Crippen LogP contribution in [0.1, 0.15) is 44.8 Å². The molecule has 0 amide bonds. The van der Waals surface area contributed by atoms with Crippen molar-refractivity contribution in [2.75, 3.05) is 17.2 Å². The minimum Gasteiger partial charge on any atom is -0.376 e. The molecule has 2 aromatic rings. The first kappa shape index (κ1) is 17.2. The Morgan fingerprint density at radius 1 is 1.31 bits per heavy atom. The molecule has 0 bridgehead atoms. The molecular weight excluding hydrogens is 330 g/mol. The number of hydrogen-bond donors (Lipinski definition) is 2. The first-order valence-corrected chi connectivity index (χ1v) is 9.57. The molecule has 0 radical (unpaired) electrons. The SMILES string of the molecule is CC(C)C1OCCCC1Nc1ccnc(NCc2nnc3n2CCC3)n1. The molecule has 0 spiro atoms. The van der Waals surface area contributed by atoms with E-state index in [9.17, 15) is 0 Å². The van der Waals surface area contributed by atoms with Crippen LogP contribution in [0.2, 0.25) is 0 Å². The van der Waals surface area contributed by atoms with Crippen molar-refractivity contribution in [2.24, 2.45) is 5.92 Å². The Kier molecular flexibility index (Phi) is 5.01. The summed E-state index contributed by atoms with van der Waals surface area (Å²) in [6.07, 6.45) is 6.34. The van der Waals surface area contributed by atoms with Gasteiger partial charge >= 0.3 is 0 Å². The van der Waals surface area contributed by atoms with Crippen molar-refractivity contribution < 1.29 is 4.74 Å². The van der Waals surface area contributed by atoms with E-state index < -0.39 is 0 Å². The predicted octanol–water partition coefficient (Wildman–Crippen LogP) is 2.24. The van der Waals surface area contributed by atoms with Gasteiger partial charge in [0.05, 0.1) is 18.7 Å². The number of aromatic nitrogens is 5. The van der Waals surface area contributed by atoms with Crippen molar-refractivity contribution >= 4 is 11.8 Å². The van der Waals surface area contributed by atoms with Gasteiger partial charge in [0.2, 0.25) is 5.95 Å². The smallest absolute Gasteiger partial charge is 0.224 e. The molecule has 4 rings (SSSR count). The molecular formula is C18H27N7O. The van der Waals surface area contributed by atoms with Crippen molar-refractivity contribution in [1.82, 2.24) is 24.7 Å². The molecule has 1 saturated heterocycles. The lowest BCUT2D eigenvalue weighted by molar-refractivity contribution is -0.0203. The second-order valence-electron chi connectivity index (χ2n) is 7.38. The monoisotopic (exact) mass is 357 g/mol. The van der Waals surface area contributed by atoms with E-state index in [1.54, 1.807) is 6.20 Å². The van der Waals surface area contributed by atoms with Crippen molar-refractivity contribution in [3.05, 3.63) is 23.9 Å². The molecule has 8 nitrogen and oxygen atoms in total. The predicted molar refractivity (Wildman–Crippen MR) is 98.9 cm³/mol. The van der Waals surface area contributed by atoms with Crippen LogP contribution in [0.15, 0.2) is 12.3 Å². The van der Waals surface area contributed by atoms with Crippen LogP contribution in [0.4, 0.5) is 11.8 Å². The van der Waals surface area contributed by atoms with Crippen molar-refractivity contribution in [3.8, 4) is 0 Å². The van der Waals surface area contributed by atoms with E-state index in [2.05, 4.69) is 49.2 Å². The number of nitrogens with zero attached hydrogens (tertiary/aromatic N) is 5. The van der Waals surface area contributed by atoms with Gasteiger partial charge in [0.1, 0.15) is 11.6 Å². The van der Waals surface area contributed by atoms with Crippen LogP contribution in [-0.2, 0) is 24.2 Å². The summed E-state index contributed by atoms with van der Waals surface area (Å²) in [5, 5.41) is 15.3. The molecule has 1 fully saturated rings. The Morgan fingerprint density at radius 3 is 3.12 bits per heavy atom. The van der Waals surface area contributed by atoms with Crippen molar-refractivity contribution in [1.29, 1.82) is 0 Å². The van der Waals surface area contributed by atoms with E-state index in [1.165, 1.54) is 0 Å². The number of nitrogens with one attached hydrogen (secondary N) is 2. The maximum atomic E-state index is 5.95. The normalized spacial score (nSPS) is 22.4. The van der Waals surface area contributed by atoms with Gasteiger partial charge in [-0.05, 0) is 31.2 Å². The third-order valence-corrected chi connectivity index (χ3v) is 5.10. The molecule has 0 aliphatic carbocycles. The van der Waals surface area contributed by atoms with Gasteiger partial charge in [-0.15, -0.1) is 10.2 Å². The highest BCUT2D eigenvalue weighted by Crippen LogP contribution is 2.23. The third-order valence-electron chi connectivity index (χ3n) is 5.10. The van der Waals surface area contributed by atoms with E-state index in [0.717, 1.165) is 56.3 Å². The zero-order valence-electron chi connectivity index (χ0n) is 15.5. The number of aryl methyl sites for hydroxylation is 1. The van der Waals surface area contributed by atoms with E-state index in [1.807, 2.05) is 6.07 Å². The van der Waals surface area contributed by atoms with E-state index in [-0.39, 0.29) is 12.1 Å². The van der Waals surface area contributed by atoms with Crippen LogP contribution in [-0.4, -0.2) is 43.5 Å². The van der Waals surface area contributed by atoms with Gasteiger partial charge in [-0.25, -0.2) is 4.98 Å². The molecule has 8 heteroatoms. The molecule has 26 heavy (non-hydrogen) atoms. The minimum absolute atomic E-state index is 0.216. The number of ether oxygens (including phenoxy) is 1. The third kappa shape index (κ3) is 3.65. The van der Waals surface area contributed by atoms with Gasteiger partial charge in [0, 0.05) is 25.8 Å². The Hall–Kier alpha value is -2.22. The molecule has 2 atom stereocenters. The highest BCUT2D eigenvalue weighted by atomic mass is 16.5. The second kappa shape index (κ2) is 7.57. The average Bonchev–Trinajstić information content (AvgIpc) is 3.25. The molecule has 2 aromatic heterocycles. The molecule has 2 aliphatic heterocycles. The molecule has 2 N–H and O–H groups in total. The summed E-state index contributed by atoms with van der Waals surface area (Å²) in [6.45, 7) is 6.83. The van der Waals surface area contributed by atoms with Crippen LogP contribution < -0.4 is 10.6 Å². The molecule has 2 aliphatic rings. The van der Waals surface area contributed by atoms with Crippen molar-refractivity contribution in [2.45, 2.75) is 64.8 Å². The summed E-state index contributed by atoms with van der Waals surface area (Å²) >= 11 is 0. The van der Waals surface area contributed by atoms with Crippen LogP contribution in [0.25, 0.3) is 0 Å².